The number of benzene rings is 3. The summed E-state index contributed by atoms with van der Waals surface area (Å²) in [6, 6.07) is 23.8. The number of pyridine rings is 2. The van der Waals surface area contributed by atoms with Gasteiger partial charge in [0.15, 0.2) is 0 Å². The first-order valence-electron chi connectivity index (χ1n) is 8.71. The number of fused-ring (bicyclic) bond motifs is 4. The first-order chi connectivity index (χ1) is 13.3. The molecule has 0 amide bonds. The smallest absolute Gasteiger partial charge is 0.257 e. The Bertz CT molecular complexity index is 1450. The maximum atomic E-state index is 12.3. The molecule has 0 saturated carbocycles. The fraction of sp³-hybridized carbons (Fsp3) is 0. The second-order valence-corrected chi connectivity index (χ2v) is 6.36. The Morgan fingerprint density at radius 2 is 1.41 bits per heavy atom. The largest absolute Gasteiger partial charge is 0.306 e. The Kier molecular flexibility index (Phi) is 3.48. The number of hydrogen-bond donors (Lipinski definition) is 1. The van der Waals surface area contributed by atoms with Gasteiger partial charge in [0.05, 0.1) is 0 Å². The van der Waals surface area contributed by atoms with Crippen molar-refractivity contribution in [3.63, 3.8) is 0 Å². The lowest BCUT2D eigenvalue weighted by molar-refractivity contribution is 1.25. The van der Waals surface area contributed by atoms with Crippen LogP contribution in [0.2, 0.25) is 0 Å². The minimum absolute atomic E-state index is 0.134. The van der Waals surface area contributed by atoms with Crippen LogP contribution in [-0.4, -0.2) is 9.97 Å². The molecule has 126 valence electrons. The maximum Gasteiger partial charge on any atom is 0.257 e. The molecular weight excluding hydrogens is 332 g/mol. The van der Waals surface area contributed by atoms with Crippen molar-refractivity contribution in [3.8, 4) is 11.8 Å². The number of aromatic amines is 1. The topological polar surface area (TPSA) is 45.8 Å². The van der Waals surface area contributed by atoms with Crippen LogP contribution in [0, 0.1) is 11.8 Å². The number of hydrogen-bond acceptors (Lipinski definition) is 2. The highest BCUT2D eigenvalue weighted by atomic mass is 16.1. The Morgan fingerprint density at radius 1 is 0.704 bits per heavy atom. The molecule has 0 aliphatic carbocycles. The van der Waals surface area contributed by atoms with E-state index in [2.05, 4.69) is 40.0 Å². The molecule has 2 aromatic heterocycles. The van der Waals surface area contributed by atoms with E-state index in [9.17, 15) is 4.79 Å². The maximum absolute atomic E-state index is 12.3. The van der Waals surface area contributed by atoms with E-state index in [0.717, 1.165) is 27.3 Å². The Hall–Kier alpha value is -3.90. The minimum Gasteiger partial charge on any atom is -0.306 e. The van der Waals surface area contributed by atoms with Gasteiger partial charge >= 0.3 is 0 Å². The number of rotatable bonds is 0. The van der Waals surface area contributed by atoms with Gasteiger partial charge in [0.25, 0.3) is 5.56 Å². The van der Waals surface area contributed by atoms with Crippen molar-refractivity contribution in [2.75, 3.05) is 0 Å². The van der Waals surface area contributed by atoms with Crippen LogP contribution < -0.4 is 5.56 Å². The van der Waals surface area contributed by atoms with Crippen molar-refractivity contribution in [3.05, 3.63) is 100 Å². The van der Waals surface area contributed by atoms with E-state index in [-0.39, 0.29) is 5.56 Å². The molecule has 0 saturated heterocycles. The number of nitrogens with one attached hydrogen (secondary N) is 1. The molecule has 0 atom stereocenters. The zero-order valence-corrected chi connectivity index (χ0v) is 14.4. The number of H-pyrrole nitrogens is 1. The van der Waals surface area contributed by atoms with Crippen LogP contribution >= 0.6 is 0 Å². The van der Waals surface area contributed by atoms with E-state index in [1.54, 1.807) is 6.20 Å². The second-order valence-electron chi connectivity index (χ2n) is 6.36. The van der Waals surface area contributed by atoms with Gasteiger partial charge in [-0.15, -0.1) is 0 Å². The molecule has 3 aromatic carbocycles. The van der Waals surface area contributed by atoms with Crippen LogP contribution in [0.1, 0.15) is 11.1 Å². The summed E-state index contributed by atoms with van der Waals surface area (Å²) in [6.07, 6.45) is 1.68. The summed E-state index contributed by atoms with van der Waals surface area (Å²) >= 11 is 0. The lowest BCUT2D eigenvalue weighted by Gasteiger charge is -2.05. The van der Waals surface area contributed by atoms with Crippen molar-refractivity contribution < 1.29 is 0 Å². The van der Waals surface area contributed by atoms with Crippen molar-refractivity contribution in [2.45, 2.75) is 0 Å². The zero-order valence-electron chi connectivity index (χ0n) is 14.4. The molecule has 3 nitrogen and oxygen atoms in total. The van der Waals surface area contributed by atoms with E-state index in [1.807, 2.05) is 54.6 Å². The van der Waals surface area contributed by atoms with Crippen LogP contribution in [0.25, 0.3) is 32.6 Å². The summed E-state index contributed by atoms with van der Waals surface area (Å²) in [5.41, 5.74) is 2.25. The van der Waals surface area contributed by atoms with Crippen molar-refractivity contribution in [2.24, 2.45) is 0 Å². The molecule has 0 radical (unpaired) electrons. The summed E-state index contributed by atoms with van der Waals surface area (Å²) in [6.45, 7) is 0. The monoisotopic (exact) mass is 346 g/mol. The van der Waals surface area contributed by atoms with Gasteiger partial charge in [-0.1, -0.05) is 66.4 Å². The van der Waals surface area contributed by atoms with E-state index < -0.39 is 0 Å². The third-order valence-electron chi connectivity index (χ3n) is 4.75. The summed E-state index contributed by atoms with van der Waals surface area (Å²) in [5.74, 6) is 6.60. The summed E-state index contributed by atoms with van der Waals surface area (Å²) in [5, 5.41) is 4.68. The van der Waals surface area contributed by atoms with Crippen molar-refractivity contribution in [1.82, 2.24) is 9.97 Å². The van der Waals surface area contributed by atoms with Crippen LogP contribution in [0.5, 0.6) is 0 Å². The summed E-state index contributed by atoms with van der Waals surface area (Å²) < 4.78 is 0. The molecule has 0 fully saturated rings. The Labute approximate surface area is 155 Å². The quantitative estimate of drug-likeness (QED) is 0.328. The van der Waals surface area contributed by atoms with Gasteiger partial charge in [-0.2, -0.15) is 0 Å². The molecular formula is C24H14N2O. The molecule has 0 bridgehead atoms. The van der Waals surface area contributed by atoms with Gasteiger partial charge in [0.1, 0.15) is 5.65 Å². The van der Waals surface area contributed by atoms with Gasteiger partial charge in [0, 0.05) is 28.1 Å². The third kappa shape index (κ3) is 2.56. The second kappa shape index (κ2) is 6.12. The Balaban J connectivity index is 1.79. The lowest BCUT2D eigenvalue weighted by Crippen LogP contribution is -2.07. The highest BCUT2D eigenvalue weighted by Crippen LogP contribution is 2.23. The van der Waals surface area contributed by atoms with Crippen LogP contribution in [0.3, 0.4) is 0 Å². The highest BCUT2D eigenvalue weighted by Gasteiger charge is 2.08. The predicted molar refractivity (Wildman–Crippen MR) is 110 cm³/mol. The van der Waals surface area contributed by atoms with Gasteiger partial charge in [-0.25, -0.2) is 4.98 Å². The first kappa shape index (κ1) is 15.4. The molecule has 5 aromatic rings. The molecule has 0 aliphatic heterocycles. The van der Waals surface area contributed by atoms with Gasteiger partial charge in [-0.3, -0.25) is 4.79 Å². The van der Waals surface area contributed by atoms with Gasteiger partial charge in [0.2, 0.25) is 0 Å². The first-order valence-corrected chi connectivity index (χ1v) is 8.71. The normalized spacial score (nSPS) is 10.8. The molecule has 0 aliphatic rings. The average Bonchev–Trinajstić information content (AvgIpc) is 2.72. The molecule has 5 rings (SSSR count). The van der Waals surface area contributed by atoms with E-state index in [1.165, 1.54) is 5.39 Å². The summed E-state index contributed by atoms with van der Waals surface area (Å²) in [7, 11) is 0. The molecule has 27 heavy (non-hydrogen) atoms. The molecule has 0 spiro atoms. The van der Waals surface area contributed by atoms with Gasteiger partial charge < -0.3 is 4.98 Å². The third-order valence-corrected chi connectivity index (χ3v) is 4.75. The van der Waals surface area contributed by atoms with E-state index in [0.29, 0.717) is 11.0 Å². The standard InChI is InChI=1S/C24H14N2O/c27-24-21-11-4-3-10-20(21)22-18(14-15-25-23(22)26-24)13-12-17-8-5-7-16-6-1-2-9-19(16)17/h1-11,14-15H,(H,25,26,27). The van der Waals surface area contributed by atoms with Crippen molar-refractivity contribution in [1.29, 1.82) is 0 Å². The van der Waals surface area contributed by atoms with E-state index >= 15 is 0 Å². The van der Waals surface area contributed by atoms with Crippen molar-refractivity contribution >= 4 is 32.6 Å². The summed E-state index contributed by atoms with van der Waals surface area (Å²) in [4.78, 5) is 19.5. The minimum atomic E-state index is -0.134. The van der Waals surface area contributed by atoms with Gasteiger partial charge in [-0.05, 0) is 34.4 Å². The molecule has 0 unspecified atom stereocenters. The predicted octanol–water partition coefficient (Wildman–Crippen LogP) is 4.63. The van der Waals surface area contributed by atoms with E-state index in [4.69, 9.17) is 0 Å². The Morgan fingerprint density at radius 3 is 2.30 bits per heavy atom. The zero-order chi connectivity index (χ0) is 18.2. The number of nitrogens with zero attached hydrogens (tertiary/aromatic N) is 1. The fourth-order valence-electron chi connectivity index (χ4n) is 3.48. The fourth-order valence-corrected chi connectivity index (χ4v) is 3.48. The van der Waals surface area contributed by atoms with Crippen LogP contribution in [0.4, 0.5) is 0 Å². The SMILES string of the molecule is O=c1[nH]c2nccc(C#Cc3cccc4ccccc34)c2c2ccccc12. The van der Waals surface area contributed by atoms with Crippen LogP contribution in [0.15, 0.2) is 83.8 Å². The highest BCUT2D eigenvalue weighted by molar-refractivity contribution is 6.06. The van der Waals surface area contributed by atoms with Crippen LogP contribution in [-0.2, 0) is 0 Å². The molecule has 2 heterocycles. The molecule has 3 heteroatoms. The average molecular weight is 346 g/mol. The molecule has 1 N–H and O–H groups in total. The number of aromatic nitrogens is 2. The lowest BCUT2D eigenvalue weighted by atomic mass is 10.0.